The predicted molar refractivity (Wildman–Crippen MR) is 84.0 cm³/mol. The predicted octanol–water partition coefficient (Wildman–Crippen LogP) is 2.46. The zero-order valence-corrected chi connectivity index (χ0v) is 14.4. The number of likely N-dealkylation sites (tertiary alicyclic amines) is 1. The molecular formula is C16H25F3N4O2. The minimum Gasteiger partial charge on any atom is -0.381 e. The first-order chi connectivity index (χ1) is 11.9. The number of rotatable bonds is 5. The Balaban J connectivity index is 1.59. The summed E-state index contributed by atoms with van der Waals surface area (Å²) in [5, 5.41) is 7.47. The van der Waals surface area contributed by atoms with Crippen molar-refractivity contribution in [3.63, 3.8) is 0 Å². The summed E-state index contributed by atoms with van der Waals surface area (Å²) in [5.74, 6) is 1.50. The largest absolute Gasteiger partial charge is 0.401 e. The van der Waals surface area contributed by atoms with Crippen LogP contribution in [0.5, 0.6) is 0 Å². The standard InChI is InChI=1S/C16H25F3N4O2/c1-11-20-15(25-22-11)14(12-4-8-24-9-5-12)21-13-2-6-23(7-3-13)10-16(17,18)19/h12-14,21H,2-10H2,1H3/t14-/m0/s1. The Kier molecular flexibility index (Phi) is 5.96. The number of halogens is 3. The molecule has 0 unspecified atom stereocenters. The van der Waals surface area contributed by atoms with Gasteiger partial charge in [-0.15, -0.1) is 0 Å². The van der Waals surface area contributed by atoms with E-state index in [1.54, 1.807) is 6.92 Å². The van der Waals surface area contributed by atoms with Crippen molar-refractivity contribution < 1.29 is 22.4 Å². The maximum Gasteiger partial charge on any atom is 0.401 e. The Morgan fingerprint density at radius 2 is 1.88 bits per heavy atom. The highest BCUT2D eigenvalue weighted by Crippen LogP contribution is 2.31. The van der Waals surface area contributed by atoms with Gasteiger partial charge in [0, 0.05) is 19.3 Å². The van der Waals surface area contributed by atoms with Gasteiger partial charge in [0.25, 0.3) is 0 Å². The lowest BCUT2D eigenvalue weighted by Gasteiger charge is -2.36. The lowest BCUT2D eigenvalue weighted by Crippen LogP contribution is -2.47. The van der Waals surface area contributed by atoms with E-state index in [1.165, 1.54) is 4.90 Å². The monoisotopic (exact) mass is 362 g/mol. The summed E-state index contributed by atoms with van der Waals surface area (Å²) in [4.78, 5) is 5.85. The van der Waals surface area contributed by atoms with Gasteiger partial charge in [0.2, 0.25) is 5.89 Å². The van der Waals surface area contributed by atoms with Gasteiger partial charge >= 0.3 is 6.18 Å². The summed E-state index contributed by atoms with van der Waals surface area (Å²) >= 11 is 0. The number of aryl methyl sites for hydroxylation is 1. The van der Waals surface area contributed by atoms with Gasteiger partial charge in [-0.2, -0.15) is 18.2 Å². The second-order valence-corrected chi connectivity index (χ2v) is 6.94. The van der Waals surface area contributed by atoms with E-state index in [9.17, 15) is 13.2 Å². The molecule has 0 amide bonds. The van der Waals surface area contributed by atoms with E-state index in [2.05, 4.69) is 15.5 Å². The van der Waals surface area contributed by atoms with E-state index in [1.807, 2.05) is 0 Å². The molecule has 2 fully saturated rings. The zero-order chi connectivity index (χ0) is 17.9. The second-order valence-electron chi connectivity index (χ2n) is 6.94. The van der Waals surface area contributed by atoms with E-state index in [-0.39, 0.29) is 12.1 Å². The van der Waals surface area contributed by atoms with Crippen LogP contribution in [-0.4, -0.2) is 60.1 Å². The van der Waals surface area contributed by atoms with Crippen LogP contribution in [0.15, 0.2) is 4.52 Å². The number of piperidine rings is 1. The fourth-order valence-electron chi connectivity index (χ4n) is 3.66. The first-order valence-corrected chi connectivity index (χ1v) is 8.84. The lowest BCUT2D eigenvalue weighted by atomic mass is 9.90. The van der Waals surface area contributed by atoms with Crippen LogP contribution in [0.1, 0.15) is 43.4 Å². The van der Waals surface area contributed by atoms with Gasteiger partial charge < -0.3 is 14.6 Å². The molecule has 3 heterocycles. The minimum atomic E-state index is -4.13. The van der Waals surface area contributed by atoms with E-state index in [4.69, 9.17) is 9.26 Å². The molecule has 0 aliphatic carbocycles. The van der Waals surface area contributed by atoms with Crippen LogP contribution < -0.4 is 5.32 Å². The van der Waals surface area contributed by atoms with Crippen molar-refractivity contribution in [1.29, 1.82) is 0 Å². The van der Waals surface area contributed by atoms with Crippen LogP contribution >= 0.6 is 0 Å². The van der Waals surface area contributed by atoms with Crippen LogP contribution in [0.2, 0.25) is 0 Å². The Hall–Kier alpha value is -1.19. The van der Waals surface area contributed by atoms with Crippen molar-refractivity contribution in [2.45, 2.75) is 50.9 Å². The Bertz CT molecular complexity index is 538. The molecule has 25 heavy (non-hydrogen) atoms. The van der Waals surface area contributed by atoms with Crippen molar-refractivity contribution in [2.24, 2.45) is 5.92 Å². The number of hydrogen-bond donors (Lipinski definition) is 1. The number of aromatic nitrogens is 2. The topological polar surface area (TPSA) is 63.4 Å². The molecule has 0 radical (unpaired) electrons. The molecule has 2 aliphatic heterocycles. The average molecular weight is 362 g/mol. The highest BCUT2D eigenvalue weighted by Gasteiger charge is 2.35. The van der Waals surface area contributed by atoms with Gasteiger partial charge in [-0.05, 0) is 51.6 Å². The summed E-state index contributed by atoms with van der Waals surface area (Å²) in [6.45, 7) is 3.26. The number of alkyl halides is 3. The van der Waals surface area contributed by atoms with Gasteiger partial charge in [0.05, 0.1) is 12.6 Å². The van der Waals surface area contributed by atoms with Gasteiger partial charge in [-0.3, -0.25) is 4.90 Å². The molecule has 1 atom stereocenters. The number of nitrogens with one attached hydrogen (secondary N) is 1. The van der Waals surface area contributed by atoms with Crippen LogP contribution in [-0.2, 0) is 4.74 Å². The molecule has 1 N–H and O–H groups in total. The van der Waals surface area contributed by atoms with E-state index in [0.717, 1.165) is 12.8 Å². The van der Waals surface area contributed by atoms with Gasteiger partial charge in [0.1, 0.15) is 0 Å². The quantitative estimate of drug-likeness (QED) is 0.868. The summed E-state index contributed by atoms with van der Waals surface area (Å²) < 4.78 is 48.4. The first-order valence-electron chi connectivity index (χ1n) is 8.84. The molecule has 0 saturated carbocycles. The van der Waals surface area contributed by atoms with Crippen molar-refractivity contribution >= 4 is 0 Å². The fourth-order valence-corrected chi connectivity index (χ4v) is 3.66. The number of nitrogens with zero attached hydrogens (tertiary/aromatic N) is 3. The molecule has 1 aromatic rings. The van der Waals surface area contributed by atoms with Gasteiger partial charge in [-0.25, -0.2) is 0 Å². The van der Waals surface area contributed by atoms with E-state index >= 15 is 0 Å². The zero-order valence-electron chi connectivity index (χ0n) is 14.4. The normalized spacial score (nSPS) is 23.0. The number of hydrogen-bond acceptors (Lipinski definition) is 6. The molecular weight excluding hydrogens is 337 g/mol. The average Bonchev–Trinajstić information content (AvgIpc) is 3.00. The Morgan fingerprint density at radius 3 is 2.44 bits per heavy atom. The third-order valence-electron chi connectivity index (χ3n) is 4.95. The highest BCUT2D eigenvalue weighted by atomic mass is 19.4. The maximum absolute atomic E-state index is 12.5. The minimum absolute atomic E-state index is 0.0655. The second kappa shape index (κ2) is 8.01. The molecule has 2 saturated heterocycles. The molecule has 2 aliphatic rings. The van der Waals surface area contributed by atoms with Crippen molar-refractivity contribution in [1.82, 2.24) is 20.4 Å². The Labute approximate surface area is 145 Å². The smallest absolute Gasteiger partial charge is 0.381 e. The Morgan fingerprint density at radius 1 is 1.20 bits per heavy atom. The van der Waals surface area contributed by atoms with Gasteiger partial charge in [0.15, 0.2) is 5.82 Å². The third kappa shape index (κ3) is 5.39. The molecule has 3 rings (SSSR count). The van der Waals surface area contributed by atoms with Crippen LogP contribution in [0, 0.1) is 12.8 Å². The van der Waals surface area contributed by atoms with Crippen molar-refractivity contribution in [3.8, 4) is 0 Å². The molecule has 0 bridgehead atoms. The fraction of sp³-hybridized carbons (Fsp3) is 0.875. The SMILES string of the molecule is Cc1noc([C@@H](NC2CCN(CC(F)(F)F)CC2)C2CCOCC2)n1. The van der Waals surface area contributed by atoms with Crippen molar-refractivity contribution in [3.05, 3.63) is 11.7 Å². The summed E-state index contributed by atoms with van der Waals surface area (Å²) in [7, 11) is 0. The van der Waals surface area contributed by atoms with Gasteiger partial charge in [-0.1, -0.05) is 5.16 Å². The molecule has 142 valence electrons. The van der Waals surface area contributed by atoms with Crippen LogP contribution in [0.4, 0.5) is 13.2 Å². The summed E-state index contributed by atoms with van der Waals surface area (Å²) in [6.07, 6.45) is -0.948. The molecule has 0 spiro atoms. The lowest BCUT2D eigenvalue weighted by molar-refractivity contribution is -0.148. The number of ether oxygens (including phenoxy) is 1. The van der Waals surface area contributed by atoms with Crippen LogP contribution in [0.3, 0.4) is 0 Å². The summed E-state index contributed by atoms with van der Waals surface area (Å²) in [6, 6.07) is 0.0915. The third-order valence-corrected chi connectivity index (χ3v) is 4.95. The van der Waals surface area contributed by atoms with Crippen molar-refractivity contribution in [2.75, 3.05) is 32.8 Å². The maximum atomic E-state index is 12.5. The highest BCUT2D eigenvalue weighted by molar-refractivity contribution is 4.97. The first kappa shape index (κ1) is 18.6. The molecule has 0 aromatic carbocycles. The van der Waals surface area contributed by atoms with Crippen LogP contribution in [0.25, 0.3) is 0 Å². The van der Waals surface area contributed by atoms with E-state index < -0.39 is 12.7 Å². The molecule has 6 nitrogen and oxygen atoms in total. The van der Waals surface area contributed by atoms with E-state index in [0.29, 0.717) is 56.8 Å². The molecule has 1 aromatic heterocycles. The summed E-state index contributed by atoms with van der Waals surface area (Å²) in [5.41, 5.74) is 0. The molecule has 9 heteroatoms.